The summed E-state index contributed by atoms with van der Waals surface area (Å²) in [4.78, 5) is 12.3. The van der Waals surface area contributed by atoms with Crippen molar-refractivity contribution >= 4 is 5.91 Å². The van der Waals surface area contributed by atoms with Crippen LogP contribution in [0.2, 0.25) is 0 Å². The third kappa shape index (κ3) is 3.37. The Labute approximate surface area is 142 Å². The standard InChI is InChI=1S/C20H23NO3/c1-13-6-3-4-8-15(13)16-12-17(16)20(23)21-11-10-14-7-5-9-18(24-2)19(14)22/h3-9,16-17,22H,10-12H2,1-2H3,(H,21,23)/t16-,17-/m1/s1. The molecule has 1 fully saturated rings. The largest absolute Gasteiger partial charge is 0.504 e. The molecule has 0 radical (unpaired) electrons. The molecule has 0 aliphatic heterocycles. The summed E-state index contributed by atoms with van der Waals surface area (Å²) in [7, 11) is 1.53. The Balaban J connectivity index is 1.52. The molecule has 2 atom stereocenters. The summed E-state index contributed by atoms with van der Waals surface area (Å²) in [5.41, 5.74) is 3.31. The Morgan fingerprint density at radius 2 is 2.04 bits per heavy atom. The van der Waals surface area contributed by atoms with Crippen molar-refractivity contribution in [2.75, 3.05) is 13.7 Å². The maximum absolute atomic E-state index is 12.3. The molecule has 0 bridgehead atoms. The number of aryl methyl sites for hydroxylation is 1. The van der Waals surface area contributed by atoms with E-state index in [9.17, 15) is 9.90 Å². The van der Waals surface area contributed by atoms with Crippen molar-refractivity contribution in [1.82, 2.24) is 5.32 Å². The Bertz CT molecular complexity index is 741. The van der Waals surface area contributed by atoms with E-state index in [0.29, 0.717) is 24.6 Å². The number of phenols is 1. The van der Waals surface area contributed by atoms with Gasteiger partial charge in [-0.3, -0.25) is 4.79 Å². The van der Waals surface area contributed by atoms with Crippen LogP contribution in [0, 0.1) is 12.8 Å². The zero-order valence-corrected chi connectivity index (χ0v) is 14.1. The van der Waals surface area contributed by atoms with Crippen LogP contribution in [0.3, 0.4) is 0 Å². The number of nitrogens with one attached hydrogen (secondary N) is 1. The molecule has 4 nitrogen and oxygen atoms in total. The smallest absolute Gasteiger partial charge is 0.223 e. The van der Waals surface area contributed by atoms with Crippen LogP contribution in [0.1, 0.15) is 29.0 Å². The lowest BCUT2D eigenvalue weighted by molar-refractivity contribution is -0.122. The second kappa shape index (κ2) is 6.95. The van der Waals surface area contributed by atoms with Crippen molar-refractivity contribution in [3.63, 3.8) is 0 Å². The molecule has 0 unspecified atom stereocenters. The highest BCUT2D eigenvalue weighted by atomic mass is 16.5. The Morgan fingerprint density at radius 3 is 2.79 bits per heavy atom. The number of amides is 1. The van der Waals surface area contributed by atoms with E-state index in [1.165, 1.54) is 18.2 Å². The van der Waals surface area contributed by atoms with Gasteiger partial charge in [0.05, 0.1) is 7.11 Å². The fourth-order valence-corrected chi connectivity index (χ4v) is 3.22. The number of hydrogen-bond acceptors (Lipinski definition) is 3. The minimum atomic E-state index is 0.0741. The monoisotopic (exact) mass is 325 g/mol. The van der Waals surface area contributed by atoms with Gasteiger partial charge in [-0.2, -0.15) is 0 Å². The van der Waals surface area contributed by atoms with Crippen molar-refractivity contribution in [3.05, 3.63) is 59.2 Å². The molecule has 4 heteroatoms. The lowest BCUT2D eigenvalue weighted by Crippen LogP contribution is -2.27. The molecular weight excluding hydrogens is 302 g/mol. The summed E-state index contributed by atoms with van der Waals surface area (Å²) in [5.74, 6) is 1.13. The summed E-state index contributed by atoms with van der Waals surface area (Å²) in [6.07, 6.45) is 1.50. The molecule has 1 amide bonds. The SMILES string of the molecule is COc1cccc(CCNC(=O)[C@@H]2C[C@@H]2c2ccccc2C)c1O. The van der Waals surface area contributed by atoms with Crippen LogP contribution in [0.15, 0.2) is 42.5 Å². The third-order valence-corrected chi connectivity index (χ3v) is 4.71. The highest BCUT2D eigenvalue weighted by molar-refractivity contribution is 5.83. The first kappa shape index (κ1) is 16.4. The topological polar surface area (TPSA) is 58.6 Å². The lowest BCUT2D eigenvalue weighted by Gasteiger charge is -2.10. The first-order valence-corrected chi connectivity index (χ1v) is 8.30. The van der Waals surface area contributed by atoms with Gasteiger partial charge in [0, 0.05) is 12.5 Å². The number of aromatic hydroxyl groups is 1. The molecule has 1 aliphatic rings. The van der Waals surface area contributed by atoms with Gasteiger partial charge >= 0.3 is 0 Å². The van der Waals surface area contributed by atoms with Crippen molar-refractivity contribution in [3.8, 4) is 11.5 Å². The minimum absolute atomic E-state index is 0.0741. The fraction of sp³-hybridized carbons (Fsp3) is 0.350. The number of hydrogen-bond donors (Lipinski definition) is 2. The first-order valence-electron chi connectivity index (χ1n) is 8.30. The zero-order valence-electron chi connectivity index (χ0n) is 14.1. The molecule has 2 N–H and O–H groups in total. The number of benzene rings is 2. The van der Waals surface area contributed by atoms with Gasteiger partial charge in [0.1, 0.15) is 0 Å². The zero-order chi connectivity index (χ0) is 17.1. The highest BCUT2D eigenvalue weighted by Gasteiger charge is 2.44. The van der Waals surface area contributed by atoms with E-state index < -0.39 is 0 Å². The van der Waals surface area contributed by atoms with E-state index in [0.717, 1.165) is 12.0 Å². The average Bonchev–Trinajstić information content (AvgIpc) is 3.37. The Kier molecular flexibility index (Phi) is 4.74. The van der Waals surface area contributed by atoms with Crippen LogP contribution in [0.25, 0.3) is 0 Å². The maximum Gasteiger partial charge on any atom is 0.223 e. The van der Waals surface area contributed by atoms with Crippen LogP contribution in [-0.2, 0) is 11.2 Å². The molecule has 0 aromatic heterocycles. The normalized spacial score (nSPS) is 18.9. The van der Waals surface area contributed by atoms with Gasteiger partial charge < -0.3 is 15.2 Å². The second-order valence-corrected chi connectivity index (χ2v) is 6.31. The molecular formula is C20H23NO3. The quantitative estimate of drug-likeness (QED) is 0.857. The number of ether oxygens (including phenoxy) is 1. The fourth-order valence-electron chi connectivity index (χ4n) is 3.22. The van der Waals surface area contributed by atoms with E-state index in [2.05, 4.69) is 24.4 Å². The summed E-state index contributed by atoms with van der Waals surface area (Å²) in [6.45, 7) is 2.60. The number of methoxy groups -OCH3 is 1. The van der Waals surface area contributed by atoms with E-state index >= 15 is 0 Å². The van der Waals surface area contributed by atoms with Gasteiger partial charge in [0.15, 0.2) is 11.5 Å². The number of rotatable bonds is 6. The average molecular weight is 325 g/mol. The number of carbonyl (C=O) groups excluding carboxylic acids is 1. The van der Waals surface area contributed by atoms with E-state index in [1.54, 1.807) is 6.07 Å². The molecule has 0 spiro atoms. The van der Waals surface area contributed by atoms with Crippen molar-refractivity contribution in [2.24, 2.45) is 5.92 Å². The predicted octanol–water partition coefficient (Wildman–Crippen LogP) is 3.17. The van der Waals surface area contributed by atoms with Gasteiger partial charge in [-0.15, -0.1) is 0 Å². The number of phenolic OH excluding ortho intramolecular Hbond substituents is 1. The van der Waals surface area contributed by atoms with Crippen molar-refractivity contribution < 1.29 is 14.6 Å². The Morgan fingerprint density at radius 1 is 1.25 bits per heavy atom. The van der Waals surface area contributed by atoms with Gasteiger partial charge in [0.2, 0.25) is 5.91 Å². The molecule has 1 saturated carbocycles. The van der Waals surface area contributed by atoms with Gasteiger partial charge in [-0.05, 0) is 48.4 Å². The lowest BCUT2D eigenvalue weighted by atomic mass is 10.0. The molecule has 2 aromatic carbocycles. The summed E-state index contributed by atoms with van der Waals surface area (Å²) in [5, 5.41) is 13.0. The Hall–Kier alpha value is -2.49. The van der Waals surface area contributed by atoms with Gasteiger partial charge in [-0.1, -0.05) is 36.4 Å². The summed E-state index contributed by atoms with van der Waals surface area (Å²) in [6, 6.07) is 13.7. The molecule has 2 aromatic rings. The molecule has 3 rings (SSSR count). The van der Waals surface area contributed by atoms with Crippen LogP contribution in [-0.4, -0.2) is 24.7 Å². The van der Waals surface area contributed by atoms with Crippen LogP contribution in [0.5, 0.6) is 11.5 Å². The van der Waals surface area contributed by atoms with E-state index in [-0.39, 0.29) is 17.6 Å². The molecule has 0 heterocycles. The molecule has 126 valence electrons. The summed E-state index contributed by atoms with van der Waals surface area (Å²) >= 11 is 0. The molecule has 24 heavy (non-hydrogen) atoms. The predicted molar refractivity (Wildman–Crippen MR) is 93.4 cm³/mol. The maximum atomic E-state index is 12.3. The van der Waals surface area contributed by atoms with Crippen LogP contribution >= 0.6 is 0 Å². The van der Waals surface area contributed by atoms with Crippen LogP contribution in [0.4, 0.5) is 0 Å². The van der Waals surface area contributed by atoms with Gasteiger partial charge in [0.25, 0.3) is 0 Å². The van der Waals surface area contributed by atoms with E-state index in [1.807, 2.05) is 24.3 Å². The minimum Gasteiger partial charge on any atom is -0.504 e. The van der Waals surface area contributed by atoms with E-state index in [4.69, 9.17) is 4.74 Å². The third-order valence-electron chi connectivity index (χ3n) is 4.71. The molecule has 0 saturated heterocycles. The van der Waals surface area contributed by atoms with Gasteiger partial charge in [-0.25, -0.2) is 0 Å². The van der Waals surface area contributed by atoms with Crippen LogP contribution < -0.4 is 10.1 Å². The number of para-hydroxylation sites is 1. The second-order valence-electron chi connectivity index (χ2n) is 6.31. The highest BCUT2D eigenvalue weighted by Crippen LogP contribution is 2.48. The van der Waals surface area contributed by atoms with Crippen molar-refractivity contribution in [2.45, 2.75) is 25.7 Å². The number of carbonyl (C=O) groups is 1. The molecule has 1 aliphatic carbocycles. The first-order chi connectivity index (χ1) is 11.6. The van der Waals surface area contributed by atoms with Crippen molar-refractivity contribution in [1.29, 1.82) is 0 Å². The summed E-state index contributed by atoms with van der Waals surface area (Å²) < 4.78 is 5.10.